The fourth-order valence-electron chi connectivity index (χ4n) is 6.86. The van der Waals surface area contributed by atoms with Gasteiger partial charge in [0, 0.05) is 22.0 Å². The number of nitrogens with zero attached hydrogens (tertiary/aromatic N) is 1. The Morgan fingerprint density at radius 1 is 1.16 bits per heavy atom. The Balaban J connectivity index is 1.58. The van der Waals surface area contributed by atoms with Crippen LogP contribution in [0.3, 0.4) is 0 Å². The Hall–Kier alpha value is -1.96. The highest BCUT2D eigenvalue weighted by Crippen LogP contribution is 2.49. The molecule has 1 saturated heterocycles. The lowest BCUT2D eigenvalue weighted by molar-refractivity contribution is -0.143. The Bertz CT molecular complexity index is 1100. The molecule has 2 amide bonds. The maximum Gasteiger partial charge on any atom is 0.234 e. The van der Waals surface area contributed by atoms with Gasteiger partial charge in [-0.15, -0.1) is 0 Å². The lowest BCUT2D eigenvalue weighted by atomic mass is 9.66. The third kappa shape index (κ3) is 5.80. The highest BCUT2D eigenvalue weighted by Gasteiger charge is 2.56. The summed E-state index contributed by atoms with van der Waals surface area (Å²) in [4.78, 5) is 28.8. The number of hydrogen-bond donors (Lipinski definition) is 3. The number of carbonyl (C=O) groups is 2. The number of amides is 2. The van der Waals surface area contributed by atoms with Gasteiger partial charge in [0.15, 0.2) is 0 Å². The predicted molar refractivity (Wildman–Crippen MR) is 152 cm³/mol. The number of imide groups is 1. The van der Waals surface area contributed by atoms with Gasteiger partial charge in [-0.25, -0.2) is 0 Å². The summed E-state index contributed by atoms with van der Waals surface area (Å²) in [5.41, 5.74) is 3.58. The molecule has 1 aromatic carbocycles. The van der Waals surface area contributed by atoms with Crippen molar-refractivity contribution in [3.63, 3.8) is 0 Å². The number of phenols is 1. The maximum absolute atomic E-state index is 13.7. The summed E-state index contributed by atoms with van der Waals surface area (Å²) in [6.45, 7) is 5.91. The first kappa shape index (κ1) is 29.0. The van der Waals surface area contributed by atoms with Crippen molar-refractivity contribution in [2.24, 2.45) is 23.7 Å². The largest absolute Gasteiger partial charge is 0.507 e. The second kappa shape index (κ2) is 12.5. The second-order valence-corrected chi connectivity index (χ2v) is 12.4. The molecule has 2 aliphatic carbocycles. The maximum atomic E-state index is 13.7. The normalized spacial score (nSPS) is 25.9. The fraction of sp³-hybridized carbons (Fsp3) is 0.613. The number of carbonyl (C=O) groups excluding carboxylic acids is 2. The summed E-state index contributed by atoms with van der Waals surface area (Å²) in [5, 5.41) is 32.3. The van der Waals surface area contributed by atoms with E-state index in [4.69, 9.17) is 0 Å². The molecule has 0 spiro atoms. The second-order valence-electron chi connectivity index (χ2n) is 11.5. The zero-order valence-corrected chi connectivity index (χ0v) is 24.4. The van der Waals surface area contributed by atoms with Crippen LogP contribution in [0.25, 0.3) is 6.08 Å². The zero-order valence-electron chi connectivity index (χ0n) is 22.8. The van der Waals surface area contributed by atoms with Gasteiger partial charge in [0.25, 0.3) is 0 Å². The molecule has 1 aliphatic heterocycles. The number of rotatable bonds is 9. The van der Waals surface area contributed by atoms with Crippen LogP contribution in [0.1, 0.15) is 84.1 Å². The van der Waals surface area contributed by atoms with E-state index in [0.29, 0.717) is 19.3 Å². The molecule has 4 rings (SSSR count). The van der Waals surface area contributed by atoms with Crippen LogP contribution in [0.4, 0.5) is 0 Å². The molecular weight excluding hydrogens is 546 g/mol. The number of aliphatic hydroxyl groups excluding tert-OH is 2. The van der Waals surface area contributed by atoms with Crippen LogP contribution in [-0.4, -0.2) is 50.8 Å². The molecule has 7 heteroatoms. The monoisotopic (exact) mass is 587 g/mol. The predicted octanol–water partition coefficient (Wildman–Crippen LogP) is 5.99. The van der Waals surface area contributed by atoms with Crippen LogP contribution < -0.4 is 0 Å². The first-order valence-electron chi connectivity index (χ1n) is 14.2. The lowest BCUT2D eigenvalue weighted by Crippen LogP contribution is -2.42. The van der Waals surface area contributed by atoms with Crippen molar-refractivity contribution in [3.8, 4) is 5.75 Å². The molecule has 0 bridgehead atoms. The van der Waals surface area contributed by atoms with Crippen LogP contribution >= 0.6 is 15.9 Å². The van der Waals surface area contributed by atoms with Crippen molar-refractivity contribution in [2.45, 2.75) is 90.7 Å². The summed E-state index contributed by atoms with van der Waals surface area (Å²) < 4.78 is 0.879. The highest BCUT2D eigenvalue weighted by molar-refractivity contribution is 9.10. The molecule has 2 fully saturated rings. The first-order chi connectivity index (χ1) is 18.2. The van der Waals surface area contributed by atoms with E-state index in [-0.39, 0.29) is 36.1 Å². The van der Waals surface area contributed by atoms with E-state index in [1.54, 1.807) is 12.1 Å². The fourth-order valence-corrected chi connectivity index (χ4v) is 7.24. The number of likely N-dealkylation sites (tertiary alicyclic amines) is 1. The van der Waals surface area contributed by atoms with Crippen LogP contribution in [0.15, 0.2) is 39.4 Å². The molecule has 3 aliphatic rings. The van der Waals surface area contributed by atoms with Crippen molar-refractivity contribution in [3.05, 3.63) is 45.0 Å². The quantitative estimate of drug-likeness (QED) is 0.243. The van der Waals surface area contributed by atoms with Crippen molar-refractivity contribution in [1.29, 1.82) is 0 Å². The minimum absolute atomic E-state index is 0.0312. The summed E-state index contributed by atoms with van der Waals surface area (Å²) in [6, 6.07) is 5.28. The molecule has 6 nitrogen and oxygen atoms in total. The summed E-state index contributed by atoms with van der Waals surface area (Å²) >= 11 is 3.45. The summed E-state index contributed by atoms with van der Waals surface area (Å²) in [5.74, 6) is -1.52. The first-order valence-corrected chi connectivity index (χ1v) is 15.0. The average Bonchev–Trinajstić information content (AvgIpc) is 3.16. The number of allylic oxidation sites excluding steroid dienone is 2. The van der Waals surface area contributed by atoms with Crippen molar-refractivity contribution in [2.75, 3.05) is 6.61 Å². The molecule has 1 saturated carbocycles. The van der Waals surface area contributed by atoms with Gasteiger partial charge in [-0.3, -0.25) is 14.5 Å². The molecule has 208 valence electrons. The number of fused-ring (bicyclic) bond motifs is 1. The van der Waals surface area contributed by atoms with E-state index in [2.05, 4.69) is 36.7 Å². The Kier molecular flexibility index (Phi) is 9.53. The number of hydrogen-bond acceptors (Lipinski definition) is 5. The van der Waals surface area contributed by atoms with E-state index < -0.39 is 23.9 Å². The molecule has 0 radical (unpaired) electrons. The SMILES string of the molecule is CC/C(=C\c1cc(Br)ccc1O)CC[C@@H](O)C1=C(C(C)C)C[C@H]2C(=O)N(C3CCCCC3)C(=O)[C@H]2[C@H]1CO. The molecule has 38 heavy (non-hydrogen) atoms. The third-order valence-electron chi connectivity index (χ3n) is 8.89. The summed E-state index contributed by atoms with van der Waals surface area (Å²) in [7, 11) is 0. The van der Waals surface area contributed by atoms with Crippen LogP contribution in [-0.2, 0) is 9.59 Å². The van der Waals surface area contributed by atoms with E-state index in [1.807, 2.05) is 12.1 Å². The number of benzene rings is 1. The van der Waals surface area contributed by atoms with Gasteiger partial charge >= 0.3 is 0 Å². The Labute approximate surface area is 234 Å². The van der Waals surface area contributed by atoms with Gasteiger partial charge in [0.2, 0.25) is 11.8 Å². The van der Waals surface area contributed by atoms with Crippen molar-refractivity contribution < 1.29 is 24.9 Å². The number of phenolic OH excluding ortho intramolecular Hbond substituents is 1. The Morgan fingerprint density at radius 3 is 2.50 bits per heavy atom. The van der Waals surface area contributed by atoms with Gasteiger partial charge in [-0.05, 0) is 68.2 Å². The molecule has 3 N–H and O–H groups in total. The summed E-state index contributed by atoms with van der Waals surface area (Å²) in [6.07, 6.45) is 8.39. The van der Waals surface area contributed by atoms with Gasteiger partial charge < -0.3 is 15.3 Å². The van der Waals surface area contributed by atoms with Gasteiger partial charge in [-0.2, -0.15) is 0 Å². The van der Waals surface area contributed by atoms with Gasteiger partial charge in [0.05, 0.1) is 24.5 Å². The lowest BCUT2D eigenvalue weighted by Gasteiger charge is -2.38. The zero-order chi connectivity index (χ0) is 27.6. The minimum atomic E-state index is -0.816. The van der Waals surface area contributed by atoms with E-state index in [1.165, 1.54) is 4.90 Å². The molecule has 4 atom stereocenters. The number of aliphatic hydroxyl groups is 2. The molecule has 1 aromatic rings. The molecule has 0 unspecified atom stereocenters. The Morgan fingerprint density at radius 2 is 1.87 bits per heavy atom. The van der Waals surface area contributed by atoms with Crippen LogP contribution in [0.2, 0.25) is 0 Å². The van der Waals surface area contributed by atoms with E-state index in [9.17, 15) is 24.9 Å². The van der Waals surface area contributed by atoms with Crippen LogP contribution in [0.5, 0.6) is 5.75 Å². The molecule has 0 aromatic heterocycles. The van der Waals surface area contributed by atoms with Gasteiger partial charge in [0.1, 0.15) is 5.75 Å². The van der Waals surface area contributed by atoms with E-state index >= 15 is 0 Å². The van der Waals surface area contributed by atoms with Crippen molar-refractivity contribution in [1.82, 2.24) is 4.90 Å². The van der Waals surface area contributed by atoms with E-state index in [0.717, 1.165) is 65.3 Å². The van der Waals surface area contributed by atoms with Gasteiger partial charge in [-0.1, -0.05) is 73.2 Å². The standard InChI is InChI=1S/C31H42BrNO5/c1-4-19(14-20-15-21(32)11-13-26(20)35)10-12-27(36)28-23(18(2)3)16-24-29(25(28)17-34)31(38)33(30(24)37)22-8-6-5-7-9-22/h11,13-15,18,22,24-25,27,29,34-36H,4-10,12,16-17H2,1-3H3/b19-14+/t24-,25+,27-,29-/m1/s1. The number of aromatic hydroxyl groups is 1. The third-order valence-corrected chi connectivity index (χ3v) is 9.38. The number of halogens is 1. The smallest absolute Gasteiger partial charge is 0.234 e. The topological polar surface area (TPSA) is 98.1 Å². The average molecular weight is 589 g/mol. The van der Waals surface area contributed by atoms with Crippen LogP contribution in [0, 0.1) is 23.7 Å². The highest BCUT2D eigenvalue weighted by atomic mass is 79.9. The molecular formula is C31H42BrNO5. The molecule has 1 heterocycles. The minimum Gasteiger partial charge on any atom is -0.507 e. The van der Waals surface area contributed by atoms with Crippen molar-refractivity contribution >= 4 is 33.8 Å².